The number of carbonyl (C=O) groups excluding carboxylic acids is 3. The molecule has 1 aliphatic carbocycles. The number of amides is 1. The molecule has 11 heteroatoms. The average molecular weight is 541 g/mol. The minimum Gasteiger partial charge on any atom is -0.504 e. The van der Waals surface area contributed by atoms with Crippen LogP contribution in [0.15, 0.2) is 28.5 Å². The number of benzene rings is 1. The van der Waals surface area contributed by atoms with Crippen LogP contribution < -0.4 is 15.8 Å². The number of nitrogens with one attached hydrogen (secondary N) is 1. The first-order valence-electron chi connectivity index (χ1n) is 13.1. The number of likely N-dealkylation sites (N-methyl/N-ethyl adjacent to an activating group) is 1. The number of rotatable bonds is 5. The van der Waals surface area contributed by atoms with Crippen LogP contribution in [0.25, 0.3) is 0 Å². The average Bonchev–Trinajstić information content (AvgIpc) is 2.88. The Kier molecular flexibility index (Phi) is 6.82. The van der Waals surface area contributed by atoms with E-state index in [9.17, 15) is 24.6 Å². The standard InChI is InChI=1S/C28H36N4O7/c1-11-7-14-8-17-28(37)32-16(21(31(17)4)19(14)23(34)25(11)38-5)9-15-20(18(32)10-30-27(36)13(3)29)24(35)26(39-6)12(2)22(15)33/h7,13,16-18,21,28,34,37H,8-10,29H2,1-6H3,(H,30,36)/t13-,16-,17?,18-,21?,28-/m0/s1. The number of methoxy groups -OCH3 is 2. The molecule has 1 saturated heterocycles. The van der Waals surface area contributed by atoms with Crippen molar-refractivity contribution in [3.8, 4) is 11.5 Å². The third kappa shape index (κ3) is 3.90. The summed E-state index contributed by atoms with van der Waals surface area (Å²) in [7, 11) is 4.74. The molecule has 0 aromatic heterocycles. The highest BCUT2D eigenvalue weighted by Gasteiger charge is 2.57. The number of carbonyl (C=O) groups is 3. The molecule has 6 atom stereocenters. The van der Waals surface area contributed by atoms with Crippen molar-refractivity contribution >= 4 is 17.5 Å². The van der Waals surface area contributed by atoms with Crippen LogP contribution >= 0.6 is 0 Å². The van der Waals surface area contributed by atoms with Gasteiger partial charge in [0.05, 0.1) is 38.4 Å². The predicted molar refractivity (Wildman–Crippen MR) is 141 cm³/mol. The third-order valence-corrected chi connectivity index (χ3v) is 8.78. The van der Waals surface area contributed by atoms with Gasteiger partial charge in [-0.25, -0.2) is 0 Å². The molecule has 2 bridgehead atoms. The lowest BCUT2D eigenvalue weighted by molar-refractivity contribution is -0.167. The lowest BCUT2D eigenvalue weighted by Crippen LogP contribution is -2.71. The van der Waals surface area contributed by atoms with E-state index in [2.05, 4.69) is 5.32 Å². The van der Waals surface area contributed by atoms with E-state index in [0.717, 1.165) is 11.1 Å². The summed E-state index contributed by atoms with van der Waals surface area (Å²) in [6.45, 7) is 4.94. The van der Waals surface area contributed by atoms with Crippen LogP contribution in [-0.4, -0.2) is 95.7 Å². The number of aliphatic hydroxyl groups excluding tert-OH is 1. The lowest BCUT2D eigenvalue weighted by atomic mass is 9.71. The van der Waals surface area contributed by atoms with Gasteiger partial charge < -0.3 is 30.7 Å². The van der Waals surface area contributed by atoms with Crippen LogP contribution in [-0.2, 0) is 25.5 Å². The van der Waals surface area contributed by atoms with Crippen molar-refractivity contribution in [3.63, 3.8) is 0 Å². The fourth-order valence-electron chi connectivity index (χ4n) is 6.98. The fraction of sp³-hybridized carbons (Fsp3) is 0.536. The summed E-state index contributed by atoms with van der Waals surface area (Å²) >= 11 is 0. The van der Waals surface area contributed by atoms with E-state index in [1.54, 1.807) is 13.8 Å². The Morgan fingerprint density at radius 2 is 1.87 bits per heavy atom. The number of hydrogen-bond donors (Lipinski definition) is 4. The Hall–Kier alpha value is -3.25. The number of aromatic hydroxyl groups is 1. The van der Waals surface area contributed by atoms with E-state index < -0.39 is 42.1 Å². The molecule has 1 amide bonds. The first-order chi connectivity index (χ1) is 18.4. The van der Waals surface area contributed by atoms with Gasteiger partial charge in [0.25, 0.3) is 0 Å². The normalized spacial score (nSPS) is 29.5. The van der Waals surface area contributed by atoms with Crippen molar-refractivity contribution in [2.24, 2.45) is 5.73 Å². The molecule has 3 heterocycles. The summed E-state index contributed by atoms with van der Waals surface area (Å²) in [6.07, 6.45) is -0.411. The number of phenolic OH excluding ortho intramolecular Hbond substituents is 1. The Morgan fingerprint density at radius 1 is 1.18 bits per heavy atom. The molecule has 0 radical (unpaired) electrons. The molecule has 1 fully saturated rings. The molecular weight excluding hydrogens is 504 g/mol. The molecular formula is C28H36N4O7. The second kappa shape index (κ2) is 9.74. The number of ether oxygens (including phenoxy) is 2. The van der Waals surface area contributed by atoms with Crippen LogP contribution in [0, 0.1) is 6.92 Å². The highest BCUT2D eigenvalue weighted by atomic mass is 16.5. The number of nitrogens with two attached hydrogens (primary N) is 1. The van der Waals surface area contributed by atoms with Gasteiger partial charge >= 0.3 is 0 Å². The first-order valence-corrected chi connectivity index (χ1v) is 13.1. The highest BCUT2D eigenvalue weighted by molar-refractivity contribution is 6.25. The molecule has 11 nitrogen and oxygen atoms in total. The van der Waals surface area contributed by atoms with Crippen molar-refractivity contribution in [3.05, 3.63) is 45.2 Å². The second-order valence-electron chi connectivity index (χ2n) is 10.9. The molecule has 1 aromatic rings. The Balaban J connectivity index is 1.69. The Morgan fingerprint density at radius 3 is 2.49 bits per heavy atom. The van der Waals surface area contributed by atoms with E-state index in [1.165, 1.54) is 14.2 Å². The molecule has 2 unspecified atom stereocenters. The van der Waals surface area contributed by atoms with Gasteiger partial charge in [0.15, 0.2) is 23.0 Å². The Bertz CT molecular complexity index is 1330. The molecule has 3 aliphatic heterocycles. The molecule has 5 rings (SSSR count). The molecule has 1 aromatic carbocycles. The maximum absolute atomic E-state index is 13.7. The molecule has 210 valence electrons. The van der Waals surface area contributed by atoms with Gasteiger partial charge in [-0.15, -0.1) is 0 Å². The van der Waals surface area contributed by atoms with Crippen LogP contribution in [0.5, 0.6) is 11.5 Å². The number of hydrogen-bond acceptors (Lipinski definition) is 10. The molecule has 39 heavy (non-hydrogen) atoms. The van der Waals surface area contributed by atoms with Gasteiger partial charge in [-0.1, -0.05) is 6.07 Å². The summed E-state index contributed by atoms with van der Waals surface area (Å²) in [5.74, 6) is -0.774. The minimum absolute atomic E-state index is 0.0320. The molecule has 4 aliphatic rings. The van der Waals surface area contributed by atoms with Gasteiger partial charge in [-0.05, 0) is 51.8 Å². The smallest absolute Gasteiger partial charge is 0.236 e. The summed E-state index contributed by atoms with van der Waals surface area (Å²) in [6, 6.07) is -0.912. The van der Waals surface area contributed by atoms with Gasteiger partial charge in [0.1, 0.15) is 6.23 Å². The van der Waals surface area contributed by atoms with Crippen LogP contribution in [0.2, 0.25) is 0 Å². The maximum atomic E-state index is 13.7. The summed E-state index contributed by atoms with van der Waals surface area (Å²) in [5.41, 5.74) is 8.92. The van der Waals surface area contributed by atoms with E-state index >= 15 is 0 Å². The van der Waals surface area contributed by atoms with Crippen LogP contribution in [0.3, 0.4) is 0 Å². The predicted octanol–water partition coefficient (Wildman–Crippen LogP) is 0.214. The minimum atomic E-state index is -1.03. The van der Waals surface area contributed by atoms with Gasteiger partial charge in [-0.2, -0.15) is 0 Å². The fourth-order valence-corrected chi connectivity index (χ4v) is 6.98. The molecule has 5 N–H and O–H groups in total. The highest BCUT2D eigenvalue weighted by Crippen LogP contribution is 2.53. The lowest BCUT2D eigenvalue weighted by Gasteiger charge is -2.60. The number of ketones is 2. The van der Waals surface area contributed by atoms with Gasteiger partial charge in [0, 0.05) is 34.9 Å². The first kappa shape index (κ1) is 27.3. The number of allylic oxidation sites excluding steroid dienone is 2. The number of phenols is 1. The zero-order valence-corrected chi connectivity index (χ0v) is 23.1. The number of fused-ring (bicyclic) bond motifs is 6. The van der Waals surface area contributed by atoms with E-state index in [-0.39, 0.29) is 47.4 Å². The molecule has 0 spiro atoms. The summed E-state index contributed by atoms with van der Waals surface area (Å²) in [4.78, 5) is 43.7. The maximum Gasteiger partial charge on any atom is 0.236 e. The van der Waals surface area contributed by atoms with Crippen molar-refractivity contribution < 1.29 is 34.1 Å². The largest absolute Gasteiger partial charge is 0.504 e. The van der Waals surface area contributed by atoms with E-state index in [0.29, 0.717) is 23.3 Å². The third-order valence-electron chi connectivity index (χ3n) is 8.78. The van der Waals surface area contributed by atoms with Crippen molar-refractivity contribution in [1.82, 2.24) is 15.1 Å². The van der Waals surface area contributed by atoms with Gasteiger partial charge in [-0.3, -0.25) is 24.2 Å². The SMILES string of the molecule is COC1=C(C)C(=O)C2=C(C1=O)[C@H](CNC(=O)[C@H](C)N)N1[C@@H](O)C3Cc4cc(C)c(OC)c(O)c4C([C@@H]1C2)N3C. The van der Waals surface area contributed by atoms with Crippen LogP contribution in [0.1, 0.15) is 43.0 Å². The van der Waals surface area contributed by atoms with Gasteiger partial charge in [0.2, 0.25) is 11.7 Å². The topological polar surface area (TPSA) is 155 Å². The van der Waals surface area contributed by atoms with Crippen molar-refractivity contribution in [2.75, 3.05) is 27.8 Å². The zero-order valence-electron chi connectivity index (χ0n) is 23.1. The number of Topliss-reactive ketones (excluding diaryl/α,β-unsaturated/α-hetero) is 2. The quantitative estimate of drug-likeness (QED) is 0.381. The molecule has 0 saturated carbocycles. The number of nitrogens with zero attached hydrogens (tertiary/aromatic N) is 2. The second-order valence-corrected chi connectivity index (χ2v) is 10.9. The van der Waals surface area contributed by atoms with Crippen LogP contribution in [0.4, 0.5) is 0 Å². The summed E-state index contributed by atoms with van der Waals surface area (Å²) < 4.78 is 10.8. The van der Waals surface area contributed by atoms with E-state index in [1.807, 2.05) is 29.8 Å². The van der Waals surface area contributed by atoms with Crippen molar-refractivity contribution in [2.45, 2.75) is 70.0 Å². The monoisotopic (exact) mass is 540 g/mol. The van der Waals surface area contributed by atoms with Crippen molar-refractivity contribution in [1.29, 1.82) is 0 Å². The number of piperazine rings is 1. The summed E-state index contributed by atoms with van der Waals surface area (Å²) in [5, 5.41) is 26.0. The van der Waals surface area contributed by atoms with E-state index in [4.69, 9.17) is 15.2 Å². The zero-order chi connectivity index (χ0) is 28.5. The Labute approximate surface area is 227 Å². The number of aryl methyl sites for hydroxylation is 1. The number of aliphatic hydroxyl groups is 1.